The molecule has 0 radical (unpaired) electrons. The minimum Gasteiger partial charge on any atom is -0.417 e. The molecule has 2 heterocycles. The maximum Gasteiger partial charge on any atom is 0.241 e. The molecule has 0 aliphatic carbocycles. The Labute approximate surface area is 99.4 Å². The number of rotatable bonds is 5. The van der Waals surface area contributed by atoms with E-state index in [0.717, 1.165) is 18.7 Å². The second kappa shape index (κ2) is 5.29. The van der Waals surface area contributed by atoms with Gasteiger partial charge in [-0.1, -0.05) is 6.92 Å². The first kappa shape index (κ1) is 11.4. The molecular weight excluding hydrogens is 218 g/mol. The van der Waals surface area contributed by atoms with Crippen molar-refractivity contribution < 1.29 is 4.74 Å². The Bertz CT molecular complexity index is 482. The van der Waals surface area contributed by atoms with Gasteiger partial charge in [0, 0.05) is 18.3 Å². The lowest BCUT2D eigenvalue weighted by Crippen LogP contribution is -2.03. The Hall–Kier alpha value is -2.11. The van der Waals surface area contributed by atoms with E-state index >= 15 is 0 Å². The Morgan fingerprint density at radius 3 is 2.94 bits per heavy atom. The SMILES string of the molecule is CCCNc1cncc(Oc2cc(C)[nH]n2)n1. The van der Waals surface area contributed by atoms with Crippen molar-refractivity contribution in [1.82, 2.24) is 20.2 Å². The van der Waals surface area contributed by atoms with Crippen LogP contribution in [0.15, 0.2) is 18.5 Å². The summed E-state index contributed by atoms with van der Waals surface area (Å²) in [5.41, 5.74) is 0.938. The number of H-pyrrole nitrogens is 1. The third-order valence-electron chi connectivity index (χ3n) is 2.06. The molecule has 0 amide bonds. The van der Waals surface area contributed by atoms with Crippen molar-refractivity contribution in [2.24, 2.45) is 0 Å². The van der Waals surface area contributed by atoms with Crippen LogP contribution in [0, 0.1) is 6.92 Å². The van der Waals surface area contributed by atoms with Gasteiger partial charge in [0.1, 0.15) is 5.82 Å². The van der Waals surface area contributed by atoms with E-state index < -0.39 is 0 Å². The minimum absolute atomic E-state index is 0.428. The van der Waals surface area contributed by atoms with Crippen LogP contribution in [0.3, 0.4) is 0 Å². The summed E-state index contributed by atoms with van der Waals surface area (Å²) in [6.07, 6.45) is 4.25. The van der Waals surface area contributed by atoms with E-state index in [1.54, 1.807) is 18.5 Å². The summed E-state index contributed by atoms with van der Waals surface area (Å²) in [6, 6.07) is 1.80. The molecule has 0 saturated carbocycles. The summed E-state index contributed by atoms with van der Waals surface area (Å²) in [4.78, 5) is 8.32. The first-order valence-electron chi connectivity index (χ1n) is 5.53. The number of nitrogens with zero attached hydrogens (tertiary/aromatic N) is 3. The molecule has 0 fully saturated rings. The molecule has 6 nitrogen and oxygen atoms in total. The van der Waals surface area contributed by atoms with Gasteiger partial charge in [0.15, 0.2) is 0 Å². The van der Waals surface area contributed by atoms with Crippen molar-refractivity contribution in [1.29, 1.82) is 0 Å². The molecule has 0 unspecified atom stereocenters. The smallest absolute Gasteiger partial charge is 0.241 e. The average Bonchev–Trinajstić information content (AvgIpc) is 2.73. The number of aryl methyl sites for hydroxylation is 1. The van der Waals surface area contributed by atoms with E-state index in [1.807, 2.05) is 6.92 Å². The molecule has 2 aromatic rings. The highest BCUT2D eigenvalue weighted by Gasteiger charge is 2.03. The van der Waals surface area contributed by atoms with Gasteiger partial charge in [-0.15, -0.1) is 5.10 Å². The van der Waals surface area contributed by atoms with Crippen molar-refractivity contribution in [2.45, 2.75) is 20.3 Å². The predicted octanol–water partition coefficient (Wildman–Crippen LogP) is 2.12. The summed E-state index contributed by atoms with van der Waals surface area (Å²) in [7, 11) is 0. The van der Waals surface area contributed by atoms with Gasteiger partial charge in [-0.05, 0) is 13.3 Å². The number of nitrogens with one attached hydrogen (secondary N) is 2. The van der Waals surface area contributed by atoms with E-state index in [9.17, 15) is 0 Å². The molecule has 0 bridgehead atoms. The van der Waals surface area contributed by atoms with E-state index in [4.69, 9.17) is 4.74 Å². The lowest BCUT2D eigenvalue weighted by Gasteiger charge is -2.05. The molecule has 0 atom stereocenters. The molecule has 0 spiro atoms. The third-order valence-corrected chi connectivity index (χ3v) is 2.06. The van der Waals surface area contributed by atoms with Crippen molar-refractivity contribution in [3.05, 3.63) is 24.2 Å². The molecule has 2 aromatic heterocycles. The normalized spacial score (nSPS) is 10.2. The van der Waals surface area contributed by atoms with Gasteiger partial charge in [-0.2, -0.15) is 4.98 Å². The number of ether oxygens (including phenoxy) is 1. The maximum absolute atomic E-state index is 5.46. The monoisotopic (exact) mass is 233 g/mol. The van der Waals surface area contributed by atoms with E-state index in [1.165, 1.54) is 0 Å². The van der Waals surface area contributed by atoms with Gasteiger partial charge in [0.25, 0.3) is 0 Å². The number of anilines is 1. The Balaban J connectivity index is 2.05. The fraction of sp³-hybridized carbons (Fsp3) is 0.364. The van der Waals surface area contributed by atoms with E-state index in [2.05, 4.69) is 32.4 Å². The summed E-state index contributed by atoms with van der Waals surface area (Å²) < 4.78 is 5.46. The van der Waals surface area contributed by atoms with Gasteiger partial charge in [-0.3, -0.25) is 10.1 Å². The van der Waals surface area contributed by atoms with Gasteiger partial charge in [-0.25, -0.2) is 0 Å². The van der Waals surface area contributed by atoms with E-state index in [0.29, 0.717) is 17.6 Å². The first-order valence-corrected chi connectivity index (χ1v) is 5.53. The molecule has 0 aliphatic rings. The molecule has 6 heteroatoms. The van der Waals surface area contributed by atoms with Crippen LogP contribution >= 0.6 is 0 Å². The maximum atomic E-state index is 5.46. The summed E-state index contributed by atoms with van der Waals surface area (Å²) >= 11 is 0. The molecular formula is C11H15N5O. The molecule has 2 N–H and O–H groups in total. The van der Waals surface area contributed by atoms with Gasteiger partial charge in [0.2, 0.25) is 11.8 Å². The number of aromatic nitrogens is 4. The van der Waals surface area contributed by atoms with Crippen LogP contribution in [-0.4, -0.2) is 26.7 Å². The van der Waals surface area contributed by atoms with Crippen LogP contribution in [0.1, 0.15) is 19.0 Å². The Kier molecular flexibility index (Phi) is 3.54. The van der Waals surface area contributed by atoms with Crippen molar-refractivity contribution >= 4 is 5.82 Å². The topological polar surface area (TPSA) is 75.7 Å². The zero-order valence-electron chi connectivity index (χ0n) is 9.90. The van der Waals surface area contributed by atoms with Crippen molar-refractivity contribution in [3.63, 3.8) is 0 Å². The molecule has 2 rings (SSSR count). The fourth-order valence-corrected chi connectivity index (χ4v) is 1.29. The lowest BCUT2D eigenvalue weighted by atomic mass is 10.5. The van der Waals surface area contributed by atoms with Crippen molar-refractivity contribution in [2.75, 3.05) is 11.9 Å². The summed E-state index contributed by atoms with van der Waals surface area (Å²) in [6.45, 7) is 4.86. The highest BCUT2D eigenvalue weighted by atomic mass is 16.5. The number of hydrogen-bond acceptors (Lipinski definition) is 5. The van der Waals surface area contributed by atoms with E-state index in [-0.39, 0.29) is 0 Å². The summed E-state index contributed by atoms with van der Waals surface area (Å²) in [5.74, 6) is 1.62. The van der Waals surface area contributed by atoms with Crippen LogP contribution in [0.2, 0.25) is 0 Å². The Morgan fingerprint density at radius 2 is 2.24 bits per heavy atom. The molecule has 0 saturated heterocycles. The lowest BCUT2D eigenvalue weighted by molar-refractivity contribution is 0.441. The van der Waals surface area contributed by atoms with Crippen LogP contribution in [0.5, 0.6) is 11.8 Å². The summed E-state index contributed by atoms with van der Waals surface area (Å²) in [5, 5.41) is 9.91. The third kappa shape index (κ3) is 3.17. The fourth-order valence-electron chi connectivity index (χ4n) is 1.29. The number of aromatic amines is 1. The van der Waals surface area contributed by atoms with Crippen molar-refractivity contribution in [3.8, 4) is 11.8 Å². The van der Waals surface area contributed by atoms with Gasteiger partial charge >= 0.3 is 0 Å². The highest BCUT2D eigenvalue weighted by molar-refractivity contribution is 5.34. The second-order valence-corrected chi connectivity index (χ2v) is 3.66. The van der Waals surface area contributed by atoms with Gasteiger partial charge < -0.3 is 10.1 Å². The quantitative estimate of drug-likeness (QED) is 0.827. The minimum atomic E-state index is 0.428. The molecule has 90 valence electrons. The zero-order valence-corrected chi connectivity index (χ0v) is 9.90. The standard InChI is InChI=1S/C11H15N5O/c1-3-4-13-9-6-12-7-11(14-9)17-10-5-8(2)15-16-10/h5-7H,3-4H2,1-2H3,(H,13,14)(H,15,16). The van der Waals surface area contributed by atoms with Crippen LogP contribution in [0.25, 0.3) is 0 Å². The molecule has 0 aromatic carbocycles. The average molecular weight is 233 g/mol. The zero-order chi connectivity index (χ0) is 12.1. The number of hydrogen-bond donors (Lipinski definition) is 2. The van der Waals surface area contributed by atoms with Gasteiger partial charge in [0.05, 0.1) is 12.4 Å². The van der Waals surface area contributed by atoms with Crippen LogP contribution < -0.4 is 10.1 Å². The predicted molar refractivity (Wildman–Crippen MR) is 64.2 cm³/mol. The molecule has 17 heavy (non-hydrogen) atoms. The molecule has 0 aliphatic heterocycles. The largest absolute Gasteiger partial charge is 0.417 e. The highest BCUT2D eigenvalue weighted by Crippen LogP contribution is 2.17. The Morgan fingerprint density at radius 1 is 1.35 bits per heavy atom. The van der Waals surface area contributed by atoms with Crippen LogP contribution in [0.4, 0.5) is 5.82 Å². The van der Waals surface area contributed by atoms with Crippen LogP contribution in [-0.2, 0) is 0 Å². The second-order valence-electron chi connectivity index (χ2n) is 3.66. The first-order chi connectivity index (χ1) is 8.28.